The van der Waals surface area contributed by atoms with Crippen LogP contribution in [0.3, 0.4) is 0 Å². The molecule has 1 aliphatic heterocycles. The van der Waals surface area contributed by atoms with E-state index in [0.717, 1.165) is 31.6 Å². The summed E-state index contributed by atoms with van der Waals surface area (Å²) in [5.74, 6) is 1.47. The van der Waals surface area contributed by atoms with Gasteiger partial charge in [0.05, 0.1) is 0 Å². The molecular formula is C25H38FN7. The van der Waals surface area contributed by atoms with Crippen molar-refractivity contribution in [1.82, 2.24) is 20.3 Å². The molecule has 1 aliphatic carbocycles. The summed E-state index contributed by atoms with van der Waals surface area (Å²) in [5, 5.41) is 7.05. The van der Waals surface area contributed by atoms with Gasteiger partial charge in [-0.2, -0.15) is 15.0 Å². The molecule has 2 fully saturated rings. The Bertz CT molecular complexity index is 910. The highest BCUT2D eigenvalue weighted by Crippen LogP contribution is 2.31. The zero-order valence-electron chi connectivity index (χ0n) is 20.0. The smallest absolute Gasteiger partial charge is 0.236 e. The average Bonchev–Trinajstić information content (AvgIpc) is 3.36. The molecule has 1 aromatic heterocycles. The zero-order chi connectivity index (χ0) is 23.2. The topological polar surface area (TPSA) is 92.0 Å². The Hall–Kier alpha value is -2.48. The van der Waals surface area contributed by atoms with E-state index >= 15 is 0 Å². The summed E-state index contributed by atoms with van der Waals surface area (Å²) in [6, 6.07) is 6.04. The van der Waals surface area contributed by atoms with E-state index in [1.54, 1.807) is 6.07 Å². The molecular weight excluding hydrogens is 417 g/mol. The van der Waals surface area contributed by atoms with Gasteiger partial charge in [-0.15, -0.1) is 0 Å². The van der Waals surface area contributed by atoms with Gasteiger partial charge in [-0.3, -0.25) is 0 Å². The first-order chi connectivity index (χ1) is 16.1. The molecule has 1 saturated heterocycles. The summed E-state index contributed by atoms with van der Waals surface area (Å²) in [6.45, 7) is 5.92. The van der Waals surface area contributed by atoms with Crippen LogP contribution in [0, 0.1) is 11.7 Å². The minimum absolute atomic E-state index is 0.177. The highest BCUT2D eigenvalue weighted by atomic mass is 19.1. The highest BCUT2D eigenvalue weighted by molar-refractivity contribution is 5.60. The molecule has 33 heavy (non-hydrogen) atoms. The summed E-state index contributed by atoms with van der Waals surface area (Å²) >= 11 is 0. The zero-order valence-corrected chi connectivity index (χ0v) is 20.0. The third kappa shape index (κ3) is 5.91. The lowest BCUT2D eigenvalue weighted by Crippen LogP contribution is -2.40. The molecule has 2 aliphatic rings. The van der Waals surface area contributed by atoms with Gasteiger partial charge in [0.25, 0.3) is 0 Å². The molecule has 0 spiro atoms. The Morgan fingerprint density at radius 2 is 1.94 bits per heavy atom. The quantitative estimate of drug-likeness (QED) is 0.499. The molecule has 4 N–H and O–H groups in total. The van der Waals surface area contributed by atoms with Gasteiger partial charge in [0, 0.05) is 24.3 Å². The number of halogens is 1. The Balaban J connectivity index is 1.64. The van der Waals surface area contributed by atoms with Crippen LogP contribution in [0.25, 0.3) is 0 Å². The molecule has 7 nitrogen and oxygen atoms in total. The number of rotatable bonds is 9. The Morgan fingerprint density at radius 1 is 1.12 bits per heavy atom. The second-order valence-corrected chi connectivity index (χ2v) is 9.42. The van der Waals surface area contributed by atoms with Crippen molar-refractivity contribution < 1.29 is 4.39 Å². The Labute approximate surface area is 196 Å². The van der Waals surface area contributed by atoms with Crippen LogP contribution in [0.5, 0.6) is 0 Å². The predicted octanol–water partition coefficient (Wildman–Crippen LogP) is 4.82. The van der Waals surface area contributed by atoms with Crippen molar-refractivity contribution >= 4 is 23.5 Å². The van der Waals surface area contributed by atoms with Crippen molar-refractivity contribution in [2.45, 2.75) is 83.7 Å². The summed E-state index contributed by atoms with van der Waals surface area (Å²) < 4.78 is 14.7. The molecule has 1 saturated carbocycles. The van der Waals surface area contributed by atoms with E-state index in [0.29, 0.717) is 35.8 Å². The van der Waals surface area contributed by atoms with E-state index in [4.69, 9.17) is 10.7 Å². The van der Waals surface area contributed by atoms with Crippen molar-refractivity contribution in [1.29, 1.82) is 0 Å². The Kier molecular flexibility index (Phi) is 7.96. The number of hydrogen-bond acceptors (Lipinski definition) is 7. The Morgan fingerprint density at radius 3 is 2.61 bits per heavy atom. The second-order valence-electron chi connectivity index (χ2n) is 9.42. The molecule has 180 valence electrons. The minimum Gasteiger partial charge on any atom is -0.368 e. The van der Waals surface area contributed by atoms with Gasteiger partial charge >= 0.3 is 0 Å². The summed E-state index contributed by atoms with van der Waals surface area (Å²) in [7, 11) is 0. The van der Waals surface area contributed by atoms with Crippen LogP contribution >= 0.6 is 0 Å². The molecule has 2 aromatic rings. The maximum absolute atomic E-state index is 14.7. The molecule has 2 heterocycles. The number of hydrogen-bond donors (Lipinski definition) is 3. The van der Waals surface area contributed by atoms with Gasteiger partial charge in [0.15, 0.2) is 0 Å². The van der Waals surface area contributed by atoms with E-state index in [-0.39, 0.29) is 17.8 Å². The number of aromatic nitrogens is 3. The molecule has 1 aromatic carbocycles. The van der Waals surface area contributed by atoms with E-state index in [9.17, 15) is 4.39 Å². The maximum atomic E-state index is 14.7. The lowest BCUT2D eigenvalue weighted by atomic mass is 9.89. The number of benzene rings is 1. The fraction of sp³-hybridized carbons (Fsp3) is 0.640. The van der Waals surface area contributed by atoms with Crippen molar-refractivity contribution in [2.24, 2.45) is 5.92 Å². The largest absolute Gasteiger partial charge is 0.368 e. The second kappa shape index (κ2) is 11.1. The standard InChI is InChI=1S/C25H38FN7/c1-3-18-12-13-19(15-20(18)26)33(16-17-9-6-5-7-10-17)25-31-23(27)30-24(32-25)29-21(4-2)22-11-8-14-28-22/h12-13,15,17,21-22,28H,3-11,14,16H2,1-2H3,(H3,27,29,30,31,32). The number of anilines is 4. The van der Waals surface area contributed by atoms with Gasteiger partial charge in [-0.1, -0.05) is 39.2 Å². The van der Waals surface area contributed by atoms with Crippen molar-refractivity contribution in [3.63, 3.8) is 0 Å². The van der Waals surface area contributed by atoms with Crippen LogP contribution in [0.2, 0.25) is 0 Å². The molecule has 2 unspecified atom stereocenters. The predicted molar refractivity (Wildman–Crippen MR) is 132 cm³/mol. The number of nitrogens with one attached hydrogen (secondary N) is 2. The third-order valence-electron chi connectivity index (χ3n) is 7.12. The summed E-state index contributed by atoms with van der Waals surface area (Å²) in [4.78, 5) is 15.7. The number of nitrogens with zero attached hydrogens (tertiary/aromatic N) is 4. The van der Waals surface area contributed by atoms with Gasteiger partial charge < -0.3 is 21.3 Å². The lowest BCUT2D eigenvalue weighted by molar-refractivity contribution is 0.364. The van der Waals surface area contributed by atoms with Crippen molar-refractivity contribution in [3.05, 3.63) is 29.6 Å². The summed E-state index contributed by atoms with van der Waals surface area (Å²) in [6.07, 6.45) is 10.0. The lowest BCUT2D eigenvalue weighted by Gasteiger charge is -2.30. The molecule has 2 atom stereocenters. The summed E-state index contributed by atoms with van der Waals surface area (Å²) in [5.41, 5.74) is 7.61. The monoisotopic (exact) mass is 455 g/mol. The molecule has 0 radical (unpaired) electrons. The van der Waals surface area contributed by atoms with Crippen molar-refractivity contribution in [3.8, 4) is 0 Å². The number of nitrogens with two attached hydrogens (primary N) is 1. The van der Waals surface area contributed by atoms with Gasteiger partial charge in [0.2, 0.25) is 17.8 Å². The van der Waals surface area contributed by atoms with Crippen LogP contribution in [-0.2, 0) is 6.42 Å². The molecule has 8 heteroatoms. The van der Waals surface area contributed by atoms with E-state index in [2.05, 4.69) is 27.5 Å². The fourth-order valence-electron chi connectivity index (χ4n) is 5.20. The molecule has 0 amide bonds. The van der Waals surface area contributed by atoms with Crippen LogP contribution in [0.15, 0.2) is 18.2 Å². The van der Waals surface area contributed by atoms with Crippen LogP contribution in [0.1, 0.15) is 70.8 Å². The normalized spacial score (nSPS) is 20.0. The first-order valence-electron chi connectivity index (χ1n) is 12.6. The third-order valence-corrected chi connectivity index (χ3v) is 7.12. The van der Waals surface area contributed by atoms with E-state index < -0.39 is 0 Å². The average molecular weight is 456 g/mol. The van der Waals surface area contributed by atoms with Crippen molar-refractivity contribution in [2.75, 3.05) is 29.0 Å². The van der Waals surface area contributed by atoms with Gasteiger partial charge in [-0.05, 0) is 68.7 Å². The minimum atomic E-state index is -0.192. The molecule has 4 rings (SSSR count). The first-order valence-corrected chi connectivity index (χ1v) is 12.6. The van der Waals surface area contributed by atoms with E-state index in [1.165, 1.54) is 38.5 Å². The fourth-order valence-corrected chi connectivity index (χ4v) is 5.20. The number of nitrogen functional groups attached to an aromatic ring is 1. The maximum Gasteiger partial charge on any atom is 0.236 e. The SMILES string of the molecule is CCc1ccc(N(CC2CCCCC2)c2nc(N)nc(NC(CC)C3CCCN3)n2)cc1F. The van der Waals surface area contributed by atoms with Crippen LogP contribution in [-0.4, -0.2) is 40.1 Å². The molecule has 0 bridgehead atoms. The van der Waals surface area contributed by atoms with Gasteiger partial charge in [0.1, 0.15) is 5.82 Å². The van der Waals surface area contributed by atoms with Crippen LogP contribution < -0.4 is 21.3 Å². The van der Waals surface area contributed by atoms with E-state index in [1.807, 2.05) is 24.0 Å². The van der Waals surface area contributed by atoms with Crippen LogP contribution in [0.4, 0.5) is 27.9 Å². The highest BCUT2D eigenvalue weighted by Gasteiger charge is 2.26. The number of aryl methyl sites for hydroxylation is 1. The van der Waals surface area contributed by atoms with Gasteiger partial charge in [-0.25, -0.2) is 4.39 Å². The first kappa shape index (κ1) is 23.7.